The SMILES string of the molecule is CC.CCCCCC(CC)COc1ccc(OC)cc1. The Balaban J connectivity index is 0.00000172. The second-order valence-corrected chi connectivity index (χ2v) is 4.76. The summed E-state index contributed by atoms with van der Waals surface area (Å²) in [6.45, 7) is 9.31. The first-order valence-corrected chi connectivity index (χ1v) is 8.07. The zero-order chi connectivity index (χ0) is 15.2. The number of hydrogen-bond acceptors (Lipinski definition) is 2. The Labute approximate surface area is 125 Å². The van der Waals surface area contributed by atoms with E-state index in [0.29, 0.717) is 5.92 Å². The second kappa shape index (κ2) is 12.8. The van der Waals surface area contributed by atoms with Gasteiger partial charge in [0.1, 0.15) is 11.5 Å². The van der Waals surface area contributed by atoms with E-state index >= 15 is 0 Å². The van der Waals surface area contributed by atoms with E-state index in [2.05, 4.69) is 13.8 Å². The molecule has 116 valence electrons. The van der Waals surface area contributed by atoms with Crippen LogP contribution in [0.4, 0.5) is 0 Å². The average molecular weight is 280 g/mol. The molecule has 0 radical (unpaired) electrons. The molecule has 1 unspecified atom stereocenters. The minimum atomic E-state index is 0.679. The van der Waals surface area contributed by atoms with Crippen molar-refractivity contribution in [3.05, 3.63) is 24.3 Å². The Morgan fingerprint density at radius 3 is 2.05 bits per heavy atom. The van der Waals surface area contributed by atoms with Crippen molar-refractivity contribution < 1.29 is 9.47 Å². The van der Waals surface area contributed by atoms with Gasteiger partial charge in [-0.25, -0.2) is 0 Å². The average Bonchev–Trinajstić information content (AvgIpc) is 2.53. The molecule has 0 amide bonds. The summed E-state index contributed by atoms with van der Waals surface area (Å²) in [7, 11) is 1.68. The topological polar surface area (TPSA) is 18.5 Å². The maximum atomic E-state index is 5.83. The lowest BCUT2D eigenvalue weighted by molar-refractivity contribution is 0.232. The van der Waals surface area contributed by atoms with E-state index in [1.807, 2.05) is 38.1 Å². The number of unbranched alkanes of at least 4 members (excludes halogenated alkanes) is 2. The molecule has 0 saturated heterocycles. The highest BCUT2D eigenvalue weighted by Crippen LogP contribution is 2.20. The van der Waals surface area contributed by atoms with E-state index in [0.717, 1.165) is 18.1 Å². The van der Waals surface area contributed by atoms with Crippen molar-refractivity contribution >= 4 is 0 Å². The first-order valence-electron chi connectivity index (χ1n) is 8.07. The van der Waals surface area contributed by atoms with Crippen molar-refractivity contribution in [3.8, 4) is 11.5 Å². The normalized spacial score (nSPS) is 11.2. The number of rotatable bonds is 9. The fourth-order valence-electron chi connectivity index (χ4n) is 1.97. The molecule has 1 atom stereocenters. The van der Waals surface area contributed by atoms with Crippen molar-refractivity contribution in [3.63, 3.8) is 0 Å². The summed E-state index contributed by atoms with van der Waals surface area (Å²) in [5.41, 5.74) is 0. The van der Waals surface area contributed by atoms with Gasteiger partial charge in [0.15, 0.2) is 0 Å². The fourth-order valence-corrected chi connectivity index (χ4v) is 1.97. The number of ether oxygens (including phenoxy) is 2. The molecule has 0 spiro atoms. The predicted molar refractivity (Wildman–Crippen MR) is 87.8 cm³/mol. The predicted octanol–water partition coefficient (Wildman–Crippen LogP) is 5.71. The van der Waals surface area contributed by atoms with Gasteiger partial charge in [-0.3, -0.25) is 0 Å². The molecule has 0 aliphatic heterocycles. The van der Waals surface area contributed by atoms with Gasteiger partial charge in [-0.15, -0.1) is 0 Å². The number of hydrogen-bond donors (Lipinski definition) is 0. The van der Waals surface area contributed by atoms with Crippen molar-refractivity contribution in [2.24, 2.45) is 5.92 Å². The van der Waals surface area contributed by atoms with Crippen LogP contribution in [0.1, 0.15) is 59.8 Å². The van der Waals surface area contributed by atoms with Gasteiger partial charge in [-0.1, -0.05) is 53.4 Å². The van der Waals surface area contributed by atoms with E-state index in [-0.39, 0.29) is 0 Å². The molecule has 1 aromatic rings. The molecular weight excluding hydrogens is 248 g/mol. The Kier molecular flexibility index (Phi) is 12.1. The van der Waals surface area contributed by atoms with E-state index in [1.54, 1.807) is 7.11 Å². The summed E-state index contributed by atoms with van der Waals surface area (Å²) >= 11 is 0. The molecule has 0 N–H and O–H groups in total. The third-order valence-electron chi connectivity index (χ3n) is 3.34. The molecule has 2 nitrogen and oxygen atoms in total. The third-order valence-corrected chi connectivity index (χ3v) is 3.34. The third kappa shape index (κ3) is 8.08. The van der Waals surface area contributed by atoms with Crippen LogP contribution >= 0.6 is 0 Å². The Morgan fingerprint density at radius 2 is 1.55 bits per heavy atom. The summed E-state index contributed by atoms with van der Waals surface area (Å²) in [5.74, 6) is 2.49. The van der Waals surface area contributed by atoms with Gasteiger partial charge in [-0.05, 0) is 36.6 Å². The maximum absolute atomic E-state index is 5.83. The monoisotopic (exact) mass is 280 g/mol. The van der Waals surface area contributed by atoms with Gasteiger partial charge >= 0.3 is 0 Å². The Bertz CT molecular complexity index is 306. The van der Waals surface area contributed by atoms with Gasteiger partial charge in [0.25, 0.3) is 0 Å². The molecule has 0 aliphatic carbocycles. The minimum Gasteiger partial charge on any atom is -0.497 e. The highest BCUT2D eigenvalue weighted by Gasteiger charge is 2.07. The molecule has 20 heavy (non-hydrogen) atoms. The van der Waals surface area contributed by atoms with Crippen molar-refractivity contribution in [2.45, 2.75) is 59.8 Å². The van der Waals surface area contributed by atoms with E-state index in [9.17, 15) is 0 Å². The number of methoxy groups -OCH3 is 1. The zero-order valence-electron chi connectivity index (χ0n) is 13.9. The van der Waals surface area contributed by atoms with Crippen LogP contribution in [0.2, 0.25) is 0 Å². The van der Waals surface area contributed by atoms with Crippen molar-refractivity contribution in [1.82, 2.24) is 0 Å². The standard InChI is InChI=1S/C16H26O2.C2H6/c1-4-6-7-8-14(5-2)13-18-16-11-9-15(17-3)10-12-16;1-2/h9-12,14H,4-8,13H2,1-3H3;1-2H3. The molecule has 0 bridgehead atoms. The first kappa shape index (κ1) is 18.8. The van der Waals surface area contributed by atoms with Gasteiger partial charge in [0, 0.05) is 0 Å². The van der Waals surface area contributed by atoms with Crippen LogP contribution < -0.4 is 9.47 Å². The molecule has 0 fully saturated rings. The lowest BCUT2D eigenvalue weighted by Crippen LogP contribution is -2.11. The first-order chi connectivity index (χ1) is 9.80. The van der Waals surface area contributed by atoms with Crippen molar-refractivity contribution in [2.75, 3.05) is 13.7 Å². The Morgan fingerprint density at radius 1 is 0.950 bits per heavy atom. The minimum absolute atomic E-state index is 0.679. The molecule has 0 heterocycles. The van der Waals surface area contributed by atoms with Crippen LogP contribution in [0, 0.1) is 5.92 Å². The van der Waals surface area contributed by atoms with Crippen LogP contribution in [0.3, 0.4) is 0 Å². The molecule has 0 saturated carbocycles. The summed E-state index contributed by atoms with van der Waals surface area (Å²) in [4.78, 5) is 0. The van der Waals surface area contributed by atoms with E-state index in [4.69, 9.17) is 9.47 Å². The Hall–Kier alpha value is -1.18. The fraction of sp³-hybridized carbons (Fsp3) is 0.667. The summed E-state index contributed by atoms with van der Waals surface area (Å²) < 4.78 is 11.0. The molecular formula is C18H32O2. The lowest BCUT2D eigenvalue weighted by atomic mass is 10.00. The highest BCUT2D eigenvalue weighted by atomic mass is 16.5. The maximum Gasteiger partial charge on any atom is 0.119 e. The van der Waals surface area contributed by atoms with E-state index in [1.165, 1.54) is 32.1 Å². The van der Waals surface area contributed by atoms with Crippen LogP contribution in [0.5, 0.6) is 11.5 Å². The molecule has 1 rings (SSSR count). The molecule has 0 aliphatic rings. The lowest BCUT2D eigenvalue weighted by Gasteiger charge is -2.15. The van der Waals surface area contributed by atoms with E-state index < -0.39 is 0 Å². The number of benzene rings is 1. The van der Waals surface area contributed by atoms with Gasteiger partial charge < -0.3 is 9.47 Å². The van der Waals surface area contributed by atoms with Crippen molar-refractivity contribution in [1.29, 1.82) is 0 Å². The van der Waals surface area contributed by atoms with Crippen LogP contribution in [0.25, 0.3) is 0 Å². The summed E-state index contributed by atoms with van der Waals surface area (Å²) in [6, 6.07) is 7.82. The van der Waals surface area contributed by atoms with Gasteiger partial charge in [-0.2, -0.15) is 0 Å². The summed E-state index contributed by atoms with van der Waals surface area (Å²) in [6.07, 6.45) is 6.41. The summed E-state index contributed by atoms with van der Waals surface area (Å²) in [5, 5.41) is 0. The van der Waals surface area contributed by atoms with Crippen LogP contribution in [-0.2, 0) is 0 Å². The van der Waals surface area contributed by atoms with Crippen LogP contribution in [-0.4, -0.2) is 13.7 Å². The zero-order valence-corrected chi connectivity index (χ0v) is 13.9. The highest BCUT2D eigenvalue weighted by molar-refractivity contribution is 5.31. The molecule has 0 aromatic heterocycles. The van der Waals surface area contributed by atoms with Gasteiger partial charge in [0.2, 0.25) is 0 Å². The second-order valence-electron chi connectivity index (χ2n) is 4.76. The van der Waals surface area contributed by atoms with Crippen LogP contribution in [0.15, 0.2) is 24.3 Å². The largest absolute Gasteiger partial charge is 0.497 e. The molecule has 2 heteroatoms. The quantitative estimate of drug-likeness (QED) is 0.540. The molecule has 1 aromatic carbocycles. The van der Waals surface area contributed by atoms with Gasteiger partial charge in [0.05, 0.1) is 13.7 Å². The smallest absolute Gasteiger partial charge is 0.119 e.